The molecule has 8 nitrogen and oxygen atoms in total. The normalized spacial score (nSPS) is 24.8. The van der Waals surface area contributed by atoms with Gasteiger partial charge in [0, 0.05) is 43.8 Å². The van der Waals surface area contributed by atoms with Crippen LogP contribution in [0.25, 0.3) is 16.9 Å². The molecule has 1 aliphatic carbocycles. The van der Waals surface area contributed by atoms with Crippen LogP contribution >= 0.6 is 0 Å². The van der Waals surface area contributed by atoms with Gasteiger partial charge in [-0.05, 0) is 76.9 Å². The van der Waals surface area contributed by atoms with E-state index in [0.717, 1.165) is 67.1 Å². The molecule has 4 aliphatic rings. The third-order valence-electron chi connectivity index (χ3n) is 9.84. The molecule has 2 bridgehead atoms. The van der Waals surface area contributed by atoms with Crippen molar-refractivity contribution in [2.75, 3.05) is 37.0 Å². The summed E-state index contributed by atoms with van der Waals surface area (Å²) in [6.45, 7) is 5.94. The number of piperazine rings is 1. The SMILES string of the molecule is Cc1ccc(-n2nc(C(=O)N3C4CCC3CN(C)C4)cc2-c2ccc3c(c2)N(C2CCCC2)[C@H](C)C(=O)N3C)cc1. The van der Waals surface area contributed by atoms with Crippen LogP contribution in [-0.4, -0.2) is 82.7 Å². The van der Waals surface area contributed by atoms with Gasteiger partial charge in [0.2, 0.25) is 5.91 Å². The maximum Gasteiger partial charge on any atom is 0.274 e. The number of likely N-dealkylation sites (N-methyl/N-ethyl adjacent to an activating group) is 2. The molecule has 0 spiro atoms. The number of amides is 2. The average Bonchev–Trinajstić information content (AvgIpc) is 3.71. The van der Waals surface area contributed by atoms with Crippen LogP contribution in [0.15, 0.2) is 48.5 Å². The van der Waals surface area contributed by atoms with Crippen LogP contribution in [0.3, 0.4) is 0 Å². The highest BCUT2D eigenvalue weighted by atomic mass is 16.2. The topological polar surface area (TPSA) is 64.9 Å². The van der Waals surface area contributed by atoms with Gasteiger partial charge in [-0.15, -0.1) is 0 Å². The summed E-state index contributed by atoms with van der Waals surface area (Å²) in [7, 11) is 4.02. The van der Waals surface area contributed by atoms with Gasteiger partial charge in [0.05, 0.1) is 22.8 Å². The average molecular weight is 553 g/mol. The molecule has 0 radical (unpaired) electrons. The molecule has 214 valence electrons. The number of carbonyl (C=O) groups is 2. The number of fused-ring (bicyclic) bond motifs is 3. The van der Waals surface area contributed by atoms with E-state index in [4.69, 9.17) is 5.10 Å². The lowest BCUT2D eigenvalue weighted by atomic mass is 10.00. The summed E-state index contributed by atoms with van der Waals surface area (Å²) >= 11 is 0. The number of benzene rings is 2. The molecular weight excluding hydrogens is 512 g/mol. The molecule has 1 aromatic heterocycles. The fraction of sp³-hybridized carbons (Fsp3) is 0.485. The Balaban J connectivity index is 1.33. The summed E-state index contributed by atoms with van der Waals surface area (Å²) in [4.78, 5) is 35.8. The standard InChI is InChI=1S/C33H40N6O2/c1-21-9-12-25(13-10-21)39-30(18-28(34-39)33(41)38-26-14-15-27(38)20-35(3)19-26)23-11-16-29-31(17-23)37(24-7-5-6-8-24)22(2)32(40)36(29)4/h9-13,16-18,22,24,26-27H,5-8,14-15,19-20H2,1-4H3/t22-,26?,27?/m1/s1. The van der Waals surface area contributed by atoms with E-state index in [1.807, 2.05) is 24.7 Å². The van der Waals surface area contributed by atoms with Gasteiger partial charge < -0.3 is 19.6 Å². The molecule has 41 heavy (non-hydrogen) atoms. The maximum atomic E-state index is 14.0. The molecule has 0 N–H and O–H groups in total. The second-order valence-corrected chi connectivity index (χ2v) is 12.6. The number of anilines is 2. The van der Waals surface area contributed by atoms with Crippen molar-refractivity contribution in [3.63, 3.8) is 0 Å². The first-order valence-corrected chi connectivity index (χ1v) is 15.2. The summed E-state index contributed by atoms with van der Waals surface area (Å²) < 4.78 is 1.92. The number of hydrogen-bond acceptors (Lipinski definition) is 5. The van der Waals surface area contributed by atoms with Gasteiger partial charge in [-0.3, -0.25) is 9.59 Å². The first kappa shape index (κ1) is 26.3. The highest BCUT2D eigenvalue weighted by Gasteiger charge is 2.43. The summed E-state index contributed by atoms with van der Waals surface area (Å²) in [5, 5.41) is 4.96. The molecule has 3 aromatic rings. The molecule has 1 saturated carbocycles. The molecule has 3 fully saturated rings. The molecule has 3 atom stereocenters. The van der Waals surface area contributed by atoms with E-state index >= 15 is 0 Å². The number of likely N-dealkylation sites (tertiary alicyclic amines) is 1. The Labute approximate surface area is 242 Å². The van der Waals surface area contributed by atoms with E-state index in [1.54, 1.807) is 4.90 Å². The van der Waals surface area contributed by atoms with Crippen LogP contribution in [0, 0.1) is 6.92 Å². The van der Waals surface area contributed by atoms with Gasteiger partial charge in [0.15, 0.2) is 5.69 Å². The van der Waals surface area contributed by atoms with Crippen LogP contribution < -0.4 is 9.80 Å². The number of aromatic nitrogens is 2. The largest absolute Gasteiger partial charge is 0.355 e. The second kappa shape index (κ2) is 10.0. The van der Waals surface area contributed by atoms with Crippen molar-refractivity contribution in [3.05, 3.63) is 59.8 Å². The lowest BCUT2D eigenvalue weighted by molar-refractivity contribution is -0.119. The lowest BCUT2D eigenvalue weighted by Gasteiger charge is -2.43. The van der Waals surface area contributed by atoms with Crippen LogP contribution in [0.2, 0.25) is 0 Å². The third kappa shape index (κ3) is 4.35. The van der Waals surface area contributed by atoms with Crippen LogP contribution in [0.1, 0.15) is 61.5 Å². The second-order valence-electron chi connectivity index (χ2n) is 12.6. The van der Waals surface area contributed by atoms with Crippen molar-refractivity contribution < 1.29 is 9.59 Å². The maximum absolute atomic E-state index is 14.0. The Morgan fingerprint density at radius 1 is 0.854 bits per heavy atom. The Bertz CT molecular complexity index is 1480. The van der Waals surface area contributed by atoms with Crippen molar-refractivity contribution in [2.45, 2.75) is 76.5 Å². The molecule has 8 heteroatoms. The predicted molar refractivity (Wildman–Crippen MR) is 162 cm³/mol. The zero-order valence-electron chi connectivity index (χ0n) is 24.6. The first-order valence-electron chi connectivity index (χ1n) is 15.2. The number of rotatable bonds is 4. The van der Waals surface area contributed by atoms with Gasteiger partial charge in [0.1, 0.15) is 6.04 Å². The molecule has 3 aliphatic heterocycles. The zero-order chi connectivity index (χ0) is 28.4. The van der Waals surface area contributed by atoms with Gasteiger partial charge in [-0.2, -0.15) is 5.10 Å². The lowest BCUT2D eigenvalue weighted by Crippen LogP contribution is -2.54. The molecule has 2 aromatic carbocycles. The van der Waals surface area contributed by atoms with E-state index in [1.165, 1.54) is 18.4 Å². The molecule has 4 heterocycles. The Hall–Kier alpha value is -3.65. The Morgan fingerprint density at radius 2 is 1.54 bits per heavy atom. The fourth-order valence-corrected chi connectivity index (χ4v) is 7.75. The van der Waals surface area contributed by atoms with Crippen molar-refractivity contribution in [1.29, 1.82) is 0 Å². The van der Waals surface area contributed by atoms with E-state index < -0.39 is 0 Å². The van der Waals surface area contributed by atoms with Crippen molar-refractivity contribution in [2.24, 2.45) is 0 Å². The minimum Gasteiger partial charge on any atom is -0.355 e. The Morgan fingerprint density at radius 3 is 2.22 bits per heavy atom. The number of carbonyl (C=O) groups excluding carboxylic acids is 2. The van der Waals surface area contributed by atoms with Gasteiger partial charge in [0.25, 0.3) is 5.91 Å². The fourth-order valence-electron chi connectivity index (χ4n) is 7.75. The molecule has 2 unspecified atom stereocenters. The predicted octanol–water partition coefficient (Wildman–Crippen LogP) is 4.88. The molecule has 7 rings (SSSR count). The quantitative estimate of drug-likeness (QED) is 0.462. The van der Waals surface area contributed by atoms with E-state index in [0.29, 0.717) is 11.7 Å². The minimum atomic E-state index is -0.210. The minimum absolute atomic E-state index is 0.0298. The van der Waals surface area contributed by atoms with E-state index in [2.05, 4.69) is 71.1 Å². The molecule has 2 amide bonds. The third-order valence-corrected chi connectivity index (χ3v) is 9.84. The summed E-state index contributed by atoms with van der Waals surface area (Å²) in [6, 6.07) is 17.3. The smallest absolute Gasteiger partial charge is 0.274 e. The van der Waals surface area contributed by atoms with Crippen LogP contribution in [0.4, 0.5) is 11.4 Å². The Kier molecular flexibility index (Phi) is 6.41. The highest BCUT2D eigenvalue weighted by Crippen LogP contribution is 2.43. The van der Waals surface area contributed by atoms with Gasteiger partial charge in [-0.25, -0.2) is 4.68 Å². The summed E-state index contributed by atoms with van der Waals surface area (Å²) in [5.74, 6) is 0.166. The van der Waals surface area contributed by atoms with E-state index in [-0.39, 0.29) is 29.9 Å². The van der Waals surface area contributed by atoms with Crippen molar-refractivity contribution >= 4 is 23.2 Å². The molecular formula is C33H40N6O2. The van der Waals surface area contributed by atoms with Crippen LogP contribution in [-0.2, 0) is 4.79 Å². The summed E-state index contributed by atoms with van der Waals surface area (Å²) in [6.07, 6.45) is 6.73. The van der Waals surface area contributed by atoms with E-state index in [9.17, 15) is 9.59 Å². The van der Waals surface area contributed by atoms with Gasteiger partial charge >= 0.3 is 0 Å². The summed E-state index contributed by atoms with van der Waals surface area (Å²) in [5.41, 5.74) is 6.51. The first-order chi connectivity index (χ1) is 19.8. The number of nitrogens with zero attached hydrogens (tertiary/aromatic N) is 6. The monoisotopic (exact) mass is 552 g/mol. The number of aryl methyl sites for hydroxylation is 1. The zero-order valence-corrected chi connectivity index (χ0v) is 24.6. The molecule has 2 saturated heterocycles. The van der Waals surface area contributed by atoms with Crippen molar-refractivity contribution in [1.82, 2.24) is 19.6 Å². The van der Waals surface area contributed by atoms with Crippen molar-refractivity contribution in [3.8, 4) is 16.9 Å². The highest BCUT2D eigenvalue weighted by molar-refractivity contribution is 6.05. The number of hydrogen-bond donors (Lipinski definition) is 0. The van der Waals surface area contributed by atoms with Crippen LogP contribution in [0.5, 0.6) is 0 Å². The van der Waals surface area contributed by atoms with Gasteiger partial charge in [-0.1, -0.05) is 36.6 Å².